The minimum absolute atomic E-state index is 0.0115. The Kier molecular flexibility index (Phi) is 9.68. The van der Waals surface area contributed by atoms with E-state index in [0.717, 1.165) is 56.1 Å². The van der Waals surface area contributed by atoms with E-state index in [1.54, 1.807) is 0 Å². The van der Waals surface area contributed by atoms with E-state index < -0.39 is 6.10 Å². The highest BCUT2D eigenvalue weighted by molar-refractivity contribution is 6.21. The van der Waals surface area contributed by atoms with Gasteiger partial charge in [0.15, 0.2) is 0 Å². The van der Waals surface area contributed by atoms with Crippen molar-refractivity contribution in [1.29, 1.82) is 0 Å². The summed E-state index contributed by atoms with van der Waals surface area (Å²) in [4.78, 5) is 11.2. The highest BCUT2D eigenvalue weighted by Crippen LogP contribution is 2.45. The standard InChI is InChI=1S/C26H39ClO4/c1-31-24(29)12-8-3-2-7-11-21-22(27)17-23(28)25(21)18-13-15-20(16-14-18)26(30)19-9-5-4-6-10-19/h13-16,19,21-23,25-26,28,30H,2-12,17H2,1H3/t21-,22-,23+,25+,26?/m0/s1. The van der Waals surface area contributed by atoms with E-state index in [4.69, 9.17) is 11.6 Å². The summed E-state index contributed by atoms with van der Waals surface area (Å²) in [6.07, 6.45) is 11.2. The van der Waals surface area contributed by atoms with Gasteiger partial charge in [0.05, 0.1) is 19.3 Å². The Morgan fingerprint density at radius 3 is 2.45 bits per heavy atom. The van der Waals surface area contributed by atoms with Gasteiger partial charge in [0, 0.05) is 17.7 Å². The van der Waals surface area contributed by atoms with Crippen LogP contribution in [0.2, 0.25) is 0 Å². The first-order valence-corrected chi connectivity index (χ1v) is 12.6. The number of aliphatic hydroxyl groups excluding tert-OH is 2. The average Bonchev–Trinajstić information content (AvgIpc) is 3.08. The van der Waals surface area contributed by atoms with Gasteiger partial charge in [-0.25, -0.2) is 0 Å². The van der Waals surface area contributed by atoms with E-state index >= 15 is 0 Å². The molecule has 2 fully saturated rings. The first-order valence-electron chi connectivity index (χ1n) is 12.2. The fraction of sp³-hybridized carbons (Fsp3) is 0.731. The molecule has 0 radical (unpaired) electrons. The van der Waals surface area contributed by atoms with Crippen LogP contribution in [0, 0.1) is 11.8 Å². The fourth-order valence-corrected chi connectivity index (χ4v) is 6.10. The van der Waals surface area contributed by atoms with Gasteiger partial charge in [0.25, 0.3) is 0 Å². The molecule has 0 spiro atoms. The van der Waals surface area contributed by atoms with E-state index in [9.17, 15) is 15.0 Å². The molecule has 0 aliphatic heterocycles. The molecule has 2 aliphatic carbocycles. The number of alkyl halides is 1. The average molecular weight is 451 g/mol. The van der Waals surface area contributed by atoms with Gasteiger partial charge in [0.2, 0.25) is 0 Å². The number of esters is 1. The molecule has 1 aromatic rings. The molecule has 2 saturated carbocycles. The van der Waals surface area contributed by atoms with E-state index in [2.05, 4.69) is 16.9 Å². The first kappa shape index (κ1) is 24.5. The molecule has 2 aliphatic rings. The molecule has 2 N–H and O–H groups in total. The van der Waals surface area contributed by atoms with Crippen LogP contribution >= 0.6 is 11.6 Å². The molecular formula is C26H39ClO4. The van der Waals surface area contributed by atoms with Gasteiger partial charge in [-0.1, -0.05) is 62.8 Å². The van der Waals surface area contributed by atoms with Crippen molar-refractivity contribution in [2.45, 2.75) is 101 Å². The molecule has 31 heavy (non-hydrogen) atoms. The molecule has 1 unspecified atom stereocenters. The lowest BCUT2D eigenvalue weighted by molar-refractivity contribution is -0.140. The maximum absolute atomic E-state index is 11.2. The number of hydrogen-bond acceptors (Lipinski definition) is 4. The van der Waals surface area contributed by atoms with Crippen LogP contribution < -0.4 is 0 Å². The molecule has 174 valence electrons. The van der Waals surface area contributed by atoms with Gasteiger partial charge >= 0.3 is 5.97 Å². The number of rotatable bonds is 10. The topological polar surface area (TPSA) is 66.8 Å². The number of aliphatic hydroxyl groups is 2. The number of halogens is 1. The van der Waals surface area contributed by atoms with Crippen LogP contribution in [0.5, 0.6) is 0 Å². The summed E-state index contributed by atoms with van der Waals surface area (Å²) >= 11 is 6.64. The van der Waals surface area contributed by atoms with Crippen molar-refractivity contribution in [2.75, 3.05) is 7.11 Å². The Hall–Kier alpha value is -1.10. The molecule has 5 atom stereocenters. The quantitative estimate of drug-likeness (QED) is 0.265. The summed E-state index contributed by atoms with van der Waals surface area (Å²) in [5, 5.41) is 21.5. The van der Waals surface area contributed by atoms with Crippen LogP contribution in [0.1, 0.15) is 100 Å². The smallest absolute Gasteiger partial charge is 0.305 e. The van der Waals surface area contributed by atoms with E-state index in [0.29, 0.717) is 18.8 Å². The number of benzene rings is 1. The summed E-state index contributed by atoms with van der Waals surface area (Å²) < 4.78 is 4.68. The van der Waals surface area contributed by atoms with Crippen LogP contribution in [0.4, 0.5) is 0 Å². The lowest BCUT2D eigenvalue weighted by Gasteiger charge is -2.28. The van der Waals surface area contributed by atoms with Crippen molar-refractivity contribution >= 4 is 17.6 Å². The summed E-state index contributed by atoms with van der Waals surface area (Å²) in [5.41, 5.74) is 2.12. The highest BCUT2D eigenvalue weighted by Gasteiger charge is 2.41. The Bertz CT molecular complexity index is 670. The highest BCUT2D eigenvalue weighted by atomic mass is 35.5. The van der Waals surface area contributed by atoms with Crippen LogP contribution in [-0.4, -0.2) is 34.8 Å². The van der Waals surface area contributed by atoms with Gasteiger partial charge < -0.3 is 14.9 Å². The zero-order valence-electron chi connectivity index (χ0n) is 18.8. The largest absolute Gasteiger partial charge is 0.469 e. The third-order valence-corrected chi connectivity index (χ3v) is 7.96. The molecule has 0 heterocycles. The molecule has 4 nitrogen and oxygen atoms in total. The monoisotopic (exact) mass is 450 g/mol. The number of hydrogen-bond donors (Lipinski definition) is 2. The molecule has 0 bridgehead atoms. The maximum atomic E-state index is 11.2. The third kappa shape index (κ3) is 6.69. The Labute approximate surface area is 192 Å². The van der Waals surface area contributed by atoms with Crippen LogP contribution in [0.15, 0.2) is 24.3 Å². The number of carbonyl (C=O) groups is 1. The van der Waals surface area contributed by atoms with Gasteiger partial charge in [-0.15, -0.1) is 11.6 Å². The number of carbonyl (C=O) groups excluding carboxylic acids is 1. The Morgan fingerprint density at radius 1 is 1.10 bits per heavy atom. The van der Waals surface area contributed by atoms with E-state index in [-0.39, 0.29) is 29.3 Å². The Balaban J connectivity index is 1.54. The van der Waals surface area contributed by atoms with Crippen molar-refractivity contribution in [2.24, 2.45) is 11.8 Å². The van der Waals surface area contributed by atoms with E-state index in [1.807, 2.05) is 12.1 Å². The predicted octanol–water partition coefficient (Wildman–Crippen LogP) is 5.89. The first-order chi connectivity index (χ1) is 15.0. The zero-order valence-corrected chi connectivity index (χ0v) is 19.6. The molecule has 3 rings (SSSR count). The van der Waals surface area contributed by atoms with Gasteiger partial charge in [-0.2, -0.15) is 0 Å². The second-order valence-electron chi connectivity index (χ2n) is 9.55. The second-order valence-corrected chi connectivity index (χ2v) is 10.1. The fourth-order valence-electron chi connectivity index (χ4n) is 5.63. The summed E-state index contributed by atoms with van der Waals surface area (Å²) in [5.74, 6) is 0.539. The van der Waals surface area contributed by atoms with Crippen molar-refractivity contribution in [3.63, 3.8) is 0 Å². The van der Waals surface area contributed by atoms with Crippen molar-refractivity contribution in [3.05, 3.63) is 35.4 Å². The van der Waals surface area contributed by atoms with Crippen LogP contribution in [0.25, 0.3) is 0 Å². The molecule has 0 aromatic heterocycles. The maximum Gasteiger partial charge on any atom is 0.305 e. The van der Waals surface area contributed by atoms with Crippen molar-refractivity contribution in [1.82, 2.24) is 0 Å². The molecule has 0 amide bonds. The Morgan fingerprint density at radius 2 is 1.77 bits per heavy atom. The lowest BCUT2D eigenvalue weighted by Crippen LogP contribution is -2.19. The van der Waals surface area contributed by atoms with Crippen molar-refractivity contribution in [3.8, 4) is 0 Å². The van der Waals surface area contributed by atoms with Crippen LogP contribution in [-0.2, 0) is 9.53 Å². The minimum atomic E-state index is -0.416. The number of methoxy groups -OCH3 is 1. The van der Waals surface area contributed by atoms with Gasteiger partial charge in [0.1, 0.15) is 0 Å². The van der Waals surface area contributed by atoms with Crippen molar-refractivity contribution < 1.29 is 19.7 Å². The lowest BCUT2D eigenvalue weighted by atomic mass is 9.81. The predicted molar refractivity (Wildman–Crippen MR) is 124 cm³/mol. The van der Waals surface area contributed by atoms with Crippen LogP contribution in [0.3, 0.4) is 0 Å². The van der Waals surface area contributed by atoms with Gasteiger partial charge in [-0.3, -0.25) is 4.79 Å². The van der Waals surface area contributed by atoms with E-state index in [1.165, 1.54) is 26.4 Å². The summed E-state index contributed by atoms with van der Waals surface area (Å²) in [6, 6.07) is 8.28. The minimum Gasteiger partial charge on any atom is -0.469 e. The third-order valence-electron chi connectivity index (χ3n) is 7.46. The van der Waals surface area contributed by atoms with Gasteiger partial charge in [-0.05, 0) is 55.1 Å². The zero-order chi connectivity index (χ0) is 22.2. The molecular weight excluding hydrogens is 412 g/mol. The molecule has 0 saturated heterocycles. The SMILES string of the molecule is COC(=O)CCCCCC[C@@H]1[C@@H](c2ccc(C(O)C3CCCCC3)cc2)[C@H](O)C[C@@H]1Cl. The summed E-state index contributed by atoms with van der Waals surface area (Å²) in [6.45, 7) is 0. The normalized spacial score (nSPS) is 27.9. The molecule has 5 heteroatoms. The number of unbranched alkanes of at least 4 members (excludes halogenated alkanes) is 3. The molecule has 1 aromatic carbocycles. The summed E-state index contributed by atoms with van der Waals surface area (Å²) in [7, 11) is 1.43. The second kappa shape index (κ2) is 12.2. The number of ether oxygens (including phenoxy) is 1.